The molecule has 0 saturated carbocycles. The number of fused-ring (bicyclic) bond motifs is 1. The minimum atomic E-state index is -3.60. The van der Waals surface area contributed by atoms with Crippen molar-refractivity contribution in [1.82, 2.24) is 9.62 Å². The van der Waals surface area contributed by atoms with Crippen LogP contribution in [0.4, 0.5) is 8.78 Å². The topological polar surface area (TPSA) is 75.7 Å². The van der Waals surface area contributed by atoms with Crippen LogP contribution in [0.2, 0.25) is 0 Å². The van der Waals surface area contributed by atoms with Crippen LogP contribution in [-0.2, 0) is 23.0 Å². The summed E-state index contributed by atoms with van der Waals surface area (Å²) in [7, 11) is -2.03. The molecule has 1 aliphatic rings. The van der Waals surface area contributed by atoms with E-state index in [1.807, 2.05) is 12.1 Å². The SMILES string of the molecule is COc1ccc2c(c1)CCN(S(=O)(=O)CCNC(=O)c1ccc(F)cc1F)C2. The van der Waals surface area contributed by atoms with Crippen LogP contribution in [-0.4, -0.2) is 44.6 Å². The Balaban J connectivity index is 1.59. The highest BCUT2D eigenvalue weighted by Crippen LogP contribution is 2.25. The number of ether oxygens (including phenoxy) is 1. The van der Waals surface area contributed by atoms with Gasteiger partial charge in [-0.15, -0.1) is 0 Å². The molecule has 1 aliphatic heterocycles. The molecular weight excluding hydrogens is 390 g/mol. The number of rotatable bonds is 6. The second-order valence-electron chi connectivity index (χ2n) is 6.41. The smallest absolute Gasteiger partial charge is 0.254 e. The molecule has 28 heavy (non-hydrogen) atoms. The van der Waals surface area contributed by atoms with Crippen molar-refractivity contribution in [1.29, 1.82) is 0 Å². The number of nitrogens with one attached hydrogen (secondary N) is 1. The van der Waals surface area contributed by atoms with E-state index in [-0.39, 0.29) is 24.4 Å². The van der Waals surface area contributed by atoms with E-state index >= 15 is 0 Å². The van der Waals surface area contributed by atoms with Crippen LogP contribution >= 0.6 is 0 Å². The van der Waals surface area contributed by atoms with Crippen LogP contribution in [0.5, 0.6) is 5.75 Å². The van der Waals surface area contributed by atoms with Gasteiger partial charge < -0.3 is 10.1 Å². The number of halogens is 2. The third-order valence-electron chi connectivity index (χ3n) is 4.61. The van der Waals surface area contributed by atoms with E-state index in [9.17, 15) is 22.0 Å². The monoisotopic (exact) mass is 410 g/mol. The molecule has 2 aromatic rings. The summed E-state index contributed by atoms with van der Waals surface area (Å²) in [5, 5.41) is 2.36. The maximum absolute atomic E-state index is 13.6. The first-order chi connectivity index (χ1) is 13.3. The molecule has 0 bridgehead atoms. The average Bonchev–Trinajstić information content (AvgIpc) is 2.66. The van der Waals surface area contributed by atoms with Crippen LogP contribution < -0.4 is 10.1 Å². The third kappa shape index (κ3) is 4.48. The van der Waals surface area contributed by atoms with Gasteiger partial charge in [-0.3, -0.25) is 4.79 Å². The van der Waals surface area contributed by atoms with Crippen molar-refractivity contribution in [3.63, 3.8) is 0 Å². The molecule has 3 rings (SSSR count). The van der Waals surface area contributed by atoms with Crippen molar-refractivity contribution in [2.24, 2.45) is 0 Å². The Hall–Kier alpha value is -2.52. The van der Waals surface area contributed by atoms with Crippen molar-refractivity contribution in [3.05, 3.63) is 64.7 Å². The number of carbonyl (C=O) groups is 1. The first-order valence-electron chi connectivity index (χ1n) is 8.67. The molecule has 1 heterocycles. The van der Waals surface area contributed by atoms with Gasteiger partial charge in [0.2, 0.25) is 10.0 Å². The van der Waals surface area contributed by atoms with Gasteiger partial charge in [-0.1, -0.05) is 6.07 Å². The lowest BCUT2D eigenvalue weighted by atomic mass is 10.0. The number of methoxy groups -OCH3 is 1. The molecule has 1 amide bonds. The fourth-order valence-electron chi connectivity index (χ4n) is 3.06. The van der Waals surface area contributed by atoms with Gasteiger partial charge in [0.25, 0.3) is 5.91 Å². The quantitative estimate of drug-likeness (QED) is 0.791. The largest absolute Gasteiger partial charge is 0.497 e. The molecule has 0 fully saturated rings. The lowest BCUT2D eigenvalue weighted by Crippen LogP contribution is -2.40. The van der Waals surface area contributed by atoms with Gasteiger partial charge in [-0.2, -0.15) is 4.31 Å². The minimum absolute atomic E-state index is 0.177. The maximum atomic E-state index is 13.6. The molecule has 6 nitrogen and oxygen atoms in total. The number of sulfonamides is 1. The Bertz CT molecular complexity index is 995. The predicted molar refractivity (Wildman–Crippen MR) is 99.6 cm³/mol. The summed E-state index contributed by atoms with van der Waals surface area (Å²) in [4.78, 5) is 12.0. The molecule has 1 N–H and O–H groups in total. The van der Waals surface area contributed by atoms with E-state index in [0.717, 1.165) is 29.0 Å². The molecule has 0 unspecified atom stereocenters. The van der Waals surface area contributed by atoms with E-state index in [2.05, 4.69) is 5.32 Å². The van der Waals surface area contributed by atoms with Gasteiger partial charge >= 0.3 is 0 Å². The van der Waals surface area contributed by atoms with Crippen molar-refractivity contribution in [2.75, 3.05) is 26.0 Å². The van der Waals surface area contributed by atoms with Crippen LogP contribution in [0.3, 0.4) is 0 Å². The summed E-state index contributed by atoms with van der Waals surface area (Å²) in [5.41, 5.74) is 1.62. The summed E-state index contributed by atoms with van der Waals surface area (Å²) in [6.45, 7) is 0.412. The Morgan fingerprint density at radius 3 is 2.68 bits per heavy atom. The first kappa shape index (κ1) is 20.2. The van der Waals surface area contributed by atoms with Crippen molar-refractivity contribution >= 4 is 15.9 Å². The Labute approximate surface area is 162 Å². The van der Waals surface area contributed by atoms with Crippen LogP contribution in [0.1, 0.15) is 21.5 Å². The molecule has 0 aromatic heterocycles. The lowest BCUT2D eigenvalue weighted by Gasteiger charge is -2.28. The number of amides is 1. The van der Waals surface area contributed by atoms with Gasteiger partial charge in [-0.25, -0.2) is 17.2 Å². The highest BCUT2D eigenvalue weighted by Gasteiger charge is 2.27. The molecule has 0 aliphatic carbocycles. The molecule has 0 atom stereocenters. The maximum Gasteiger partial charge on any atom is 0.254 e. The normalized spacial score (nSPS) is 14.4. The second kappa shape index (κ2) is 8.24. The third-order valence-corrected chi connectivity index (χ3v) is 6.42. The van der Waals surface area contributed by atoms with Crippen molar-refractivity contribution in [2.45, 2.75) is 13.0 Å². The second-order valence-corrected chi connectivity index (χ2v) is 8.50. The zero-order valence-corrected chi connectivity index (χ0v) is 16.1. The molecule has 0 saturated heterocycles. The summed E-state index contributed by atoms with van der Waals surface area (Å²) in [6, 6.07) is 8.11. The van der Waals surface area contributed by atoms with E-state index in [0.29, 0.717) is 19.0 Å². The summed E-state index contributed by atoms with van der Waals surface area (Å²) >= 11 is 0. The van der Waals surface area contributed by atoms with Crippen LogP contribution in [0.15, 0.2) is 36.4 Å². The van der Waals surface area contributed by atoms with Gasteiger partial charge in [0.1, 0.15) is 17.4 Å². The number of carbonyl (C=O) groups excluding carboxylic acids is 1. The Morgan fingerprint density at radius 1 is 1.18 bits per heavy atom. The number of hydrogen-bond acceptors (Lipinski definition) is 4. The summed E-state index contributed by atoms with van der Waals surface area (Å²) < 4.78 is 58.2. The number of nitrogens with zero attached hydrogens (tertiary/aromatic N) is 1. The van der Waals surface area contributed by atoms with Crippen LogP contribution in [0, 0.1) is 11.6 Å². The van der Waals surface area contributed by atoms with E-state index in [1.54, 1.807) is 13.2 Å². The van der Waals surface area contributed by atoms with Crippen LogP contribution in [0.25, 0.3) is 0 Å². The fraction of sp³-hybridized carbons (Fsp3) is 0.316. The molecule has 0 radical (unpaired) electrons. The Morgan fingerprint density at radius 2 is 1.96 bits per heavy atom. The lowest BCUT2D eigenvalue weighted by molar-refractivity contribution is 0.0952. The zero-order valence-electron chi connectivity index (χ0n) is 15.2. The van der Waals surface area contributed by atoms with Crippen molar-refractivity contribution in [3.8, 4) is 5.75 Å². The first-order valence-corrected chi connectivity index (χ1v) is 10.3. The van der Waals surface area contributed by atoms with Gasteiger partial charge in [0, 0.05) is 25.7 Å². The van der Waals surface area contributed by atoms with E-state index in [1.165, 1.54) is 4.31 Å². The summed E-state index contributed by atoms with van der Waals surface area (Å²) in [6.07, 6.45) is 0.568. The zero-order chi connectivity index (χ0) is 20.3. The molecule has 150 valence electrons. The Kier molecular flexibility index (Phi) is 5.95. The van der Waals surface area contributed by atoms with E-state index < -0.39 is 27.6 Å². The van der Waals surface area contributed by atoms with Gasteiger partial charge in [0.05, 0.1) is 18.4 Å². The average molecular weight is 410 g/mol. The highest BCUT2D eigenvalue weighted by atomic mass is 32.2. The summed E-state index contributed by atoms with van der Waals surface area (Å²) in [5.74, 6) is -2.16. The minimum Gasteiger partial charge on any atom is -0.497 e. The van der Waals surface area contributed by atoms with Gasteiger partial charge in [0.15, 0.2) is 0 Å². The van der Waals surface area contributed by atoms with Gasteiger partial charge in [-0.05, 0) is 41.8 Å². The number of benzene rings is 2. The molecular formula is C19H20F2N2O4S. The standard InChI is InChI=1S/C19H20F2N2O4S/c1-27-16-4-2-14-12-23(8-6-13(14)10-16)28(25,26)9-7-22-19(24)17-5-3-15(20)11-18(17)21/h2-5,10-11H,6-9,12H2,1H3,(H,22,24). The number of hydrogen-bond donors (Lipinski definition) is 1. The molecule has 9 heteroatoms. The highest BCUT2D eigenvalue weighted by molar-refractivity contribution is 7.89. The molecule has 2 aromatic carbocycles. The molecule has 0 spiro atoms. The fourth-order valence-corrected chi connectivity index (χ4v) is 4.38. The van der Waals surface area contributed by atoms with Crippen molar-refractivity contribution < 1.29 is 26.7 Å². The van der Waals surface area contributed by atoms with E-state index in [4.69, 9.17) is 4.74 Å². The predicted octanol–water partition coefficient (Wildman–Crippen LogP) is 2.09.